The van der Waals surface area contributed by atoms with Crippen LogP contribution in [0, 0.1) is 5.82 Å². The van der Waals surface area contributed by atoms with Crippen molar-refractivity contribution in [3.8, 4) is 0 Å². The summed E-state index contributed by atoms with van der Waals surface area (Å²) in [5, 5.41) is 22.8. The number of benzene rings is 3. The molecule has 5 rings (SSSR count). The number of nitrogens with zero attached hydrogens (tertiary/aromatic N) is 1. The van der Waals surface area contributed by atoms with E-state index in [0.717, 1.165) is 12.1 Å². The number of hydrogen-bond donors (Lipinski definition) is 2. The zero-order chi connectivity index (χ0) is 23.6. The van der Waals surface area contributed by atoms with Gasteiger partial charge in [0.15, 0.2) is 0 Å². The van der Waals surface area contributed by atoms with Crippen LogP contribution in [-0.2, 0) is 25.3 Å². The number of carbonyl (C=O) groups excluding carboxylic acids is 1. The van der Waals surface area contributed by atoms with Crippen molar-refractivity contribution >= 4 is 43.2 Å². The predicted octanol–water partition coefficient (Wildman–Crippen LogP) is 3.27. The molecular formula is C23H15BrFNO6S. The van der Waals surface area contributed by atoms with E-state index in [-0.39, 0.29) is 31.8 Å². The Labute approximate surface area is 196 Å². The number of hydrogen-bond acceptors (Lipinski definition) is 6. The lowest BCUT2D eigenvalue weighted by Crippen LogP contribution is -2.61. The van der Waals surface area contributed by atoms with Gasteiger partial charge < -0.3 is 14.9 Å². The highest BCUT2D eigenvalue weighted by molar-refractivity contribution is 9.10. The maximum absolute atomic E-state index is 14.1. The number of fused-ring (bicyclic) bond motifs is 1. The number of rotatable bonds is 3. The second kappa shape index (κ2) is 7.22. The van der Waals surface area contributed by atoms with Gasteiger partial charge in [-0.2, -0.15) is 0 Å². The Hall–Kier alpha value is -3.05. The standard InChI is InChI=1S/C23H15BrFNO6S/c24-18-9-2-4-11-20(18)33(30,31)26-19-10-3-1-8-16(19)23(28,29)22(26)17(13-21(27)32-22)14-6-5-7-15(25)12-14/h1-13,28-29H/t22-/m0/s1. The average Bonchev–Trinajstić information content (AvgIpc) is 3.21. The van der Waals surface area contributed by atoms with E-state index < -0.39 is 33.3 Å². The molecule has 7 nitrogen and oxygen atoms in total. The highest BCUT2D eigenvalue weighted by Gasteiger charge is 2.72. The van der Waals surface area contributed by atoms with Crippen LogP contribution >= 0.6 is 15.9 Å². The first-order chi connectivity index (χ1) is 15.6. The fourth-order valence-electron chi connectivity index (χ4n) is 4.28. The summed E-state index contributed by atoms with van der Waals surface area (Å²) in [4.78, 5) is 12.3. The van der Waals surface area contributed by atoms with Gasteiger partial charge in [-0.25, -0.2) is 21.9 Å². The number of esters is 1. The van der Waals surface area contributed by atoms with Gasteiger partial charge in [0.25, 0.3) is 21.5 Å². The third-order valence-corrected chi connectivity index (χ3v) is 8.42. The Morgan fingerprint density at radius 3 is 2.39 bits per heavy atom. The van der Waals surface area contributed by atoms with Gasteiger partial charge in [-0.15, -0.1) is 0 Å². The number of para-hydroxylation sites is 1. The minimum absolute atomic E-state index is 0.0495. The first-order valence-electron chi connectivity index (χ1n) is 9.66. The second-order valence-electron chi connectivity index (χ2n) is 7.52. The predicted molar refractivity (Wildman–Crippen MR) is 120 cm³/mol. The molecule has 0 bridgehead atoms. The smallest absolute Gasteiger partial charge is 0.333 e. The first-order valence-corrected chi connectivity index (χ1v) is 11.9. The summed E-state index contributed by atoms with van der Waals surface area (Å²) in [5.41, 5.74) is -3.11. The molecule has 10 heteroatoms. The van der Waals surface area contributed by atoms with Crippen molar-refractivity contribution in [2.75, 3.05) is 4.31 Å². The third-order valence-electron chi connectivity index (χ3n) is 5.62. The number of carbonyl (C=O) groups is 1. The van der Waals surface area contributed by atoms with E-state index in [2.05, 4.69) is 15.9 Å². The van der Waals surface area contributed by atoms with E-state index in [1.807, 2.05) is 0 Å². The molecular weight excluding hydrogens is 517 g/mol. The van der Waals surface area contributed by atoms with Gasteiger partial charge in [0.05, 0.1) is 5.69 Å². The van der Waals surface area contributed by atoms with Crippen molar-refractivity contribution in [1.29, 1.82) is 0 Å². The Kier molecular flexibility index (Phi) is 4.77. The van der Waals surface area contributed by atoms with E-state index in [4.69, 9.17) is 4.74 Å². The molecule has 0 radical (unpaired) electrons. The van der Waals surface area contributed by atoms with Crippen LogP contribution in [0.25, 0.3) is 5.57 Å². The highest BCUT2D eigenvalue weighted by Crippen LogP contribution is 2.59. The summed E-state index contributed by atoms with van der Waals surface area (Å²) in [6.07, 6.45) is 0.935. The molecule has 0 saturated carbocycles. The van der Waals surface area contributed by atoms with Gasteiger partial charge in [0, 0.05) is 21.7 Å². The van der Waals surface area contributed by atoms with Crippen molar-refractivity contribution in [2.45, 2.75) is 16.4 Å². The molecule has 0 amide bonds. The minimum atomic E-state index is -4.57. The lowest BCUT2D eigenvalue weighted by Gasteiger charge is -2.41. The molecule has 1 atom stereocenters. The third kappa shape index (κ3) is 2.91. The topological polar surface area (TPSA) is 104 Å². The number of ether oxygens (including phenoxy) is 1. The Balaban J connectivity index is 1.86. The molecule has 0 unspecified atom stereocenters. The molecule has 2 N–H and O–H groups in total. The minimum Gasteiger partial charge on any atom is -0.424 e. The molecule has 3 aromatic rings. The number of anilines is 1. The van der Waals surface area contributed by atoms with Crippen LogP contribution in [0.5, 0.6) is 0 Å². The van der Waals surface area contributed by atoms with Gasteiger partial charge in [0.2, 0.25) is 0 Å². The molecule has 3 aromatic carbocycles. The lowest BCUT2D eigenvalue weighted by molar-refractivity contribution is -0.254. The van der Waals surface area contributed by atoms with Crippen molar-refractivity contribution < 1.29 is 32.6 Å². The highest BCUT2D eigenvalue weighted by atomic mass is 79.9. The van der Waals surface area contributed by atoms with Crippen molar-refractivity contribution in [1.82, 2.24) is 0 Å². The van der Waals surface area contributed by atoms with E-state index >= 15 is 0 Å². The number of aliphatic hydroxyl groups is 2. The Morgan fingerprint density at radius 1 is 0.970 bits per heavy atom. The van der Waals surface area contributed by atoms with Crippen molar-refractivity contribution in [3.63, 3.8) is 0 Å². The summed E-state index contributed by atoms with van der Waals surface area (Å²) in [7, 11) is -4.57. The molecule has 0 aromatic heterocycles. The van der Waals surface area contributed by atoms with Crippen LogP contribution in [0.2, 0.25) is 0 Å². The lowest BCUT2D eigenvalue weighted by atomic mass is 9.88. The quantitative estimate of drug-likeness (QED) is 0.397. The van der Waals surface area contributed by atoms with Crippen LogP contribution in [0.3, 0.4) is 0 Å². The van der Waals surface area contributed by atoms with Gasteiger partial charge in [-0.05, 0) is 51.8 Å². The number of halogens is 2. The summed E-state index contributed by atoms with van der Waals surface area (Å²) < 4.78 is 48.4. The van der Waals surface area contributed by atoms with Crippen LogP contribution in [-0.4, -0.2) is 30.3 Å². The monoisotopic (exact) mass is 531 g/mol. The Bertz CT molecular complexity index is 1450. The van der Waals surface area contributed by atoms with E-state index in [1.165, 1.54) is 60.7 Å². The first kappa shape index (κ1) is 21.8. The second-order valence-corrected chi connectivity index (χ2v) is 10.1. The molecule has 1 spiro atoms. The molecule has 0 saturated heterocycles. The fourth-order valence-corrected chi connectivity index (χ4v) is 6.96. The Morgan fingerprint density at radius 2 is 1.67 bits per heavy atom. The molecule has 0 aliphatic carbocycles. The van der Waals surface area contributed by atoms with Crippen LogP contribution in [0.4, 0.5) is 10.1 Å². The molecule has 33 heavy (non-hydrogen) atoms. The van der Waals surface area contributed by atoms with Gasteiger partial charge in [-0.3, -0.25) is 0 Å². The van der Waals surface area contributed by atoms with Crippen LogP contribution in [0.1, 0.15) is 11.1 Å². The molecule has 2 aliphatic rings. The zero-order valence-electron chi connectivity index (χ0n) is 16.6. The summed E-state index contributed by atoms with van der Waals surface area (Å²) in [5.74, 6) is -4.68. The normalized spacial score (nSPS) is 21.2. The molecule has 2 aliphatic heterocycles. The van der Waals surface area contributed by atoms with Crippen LogP contribution < -0.4 is 4.31 Å². The summed E-state index contributed by atoms with van der Waals surface area (Å²) in [6.45, 7) is 0. The zero-order valence-corrected chi connectivity index (χ0v) is 19.0. The molecule has 0 fully saturated rings. The van der Waals surface area contributed by atoms with E-state index in [0.29, 0.717) is 4.31 Å². The maximum atomic E-state index is 14.1. The van der Waals surface area contributed by atoms with Gasteiger partial charge in [-0.1, -0.05) is 42.5 Å². The fraction of sp³-hybridized carbons (Fsp3) is 0.0870. The van der Waals surface area contributed by atoms with Gasteiger partial charge >= 0.3 is 5.97 Å². The molecule has 2 heterocycles. The molecule has 168 valence electrons. The largest absolute Gasteiger partial charge is 0.424 e. The van der Waals surface area contributed by atoms with Crippen molar-refractivity contribution in [2.24, 2.45) is 0 Å². The van der Waals surface area contributed by atoms with E-state index in [9.17, 15) is 27.8 Å². The van der Waals surface area contributed by atoms with Crippen molar-refractivity contribution in [3.05, 3.63) is 100 Å². The summed E-state index contributed by atoms with van der Waals surface area (Å²) in [6, 6.07) is 16.6. The van der Waals surface area contributed by atoms with Gasteiger partial charge in [0.1, 0.15) is 10.7 Å². The average molecular weight is 532 g/mol. The maximum Gasteiger partial charge on any atom is 0.333 e. The summed E-state index contributed by atoms with van der Waals surface area (Å²) >= 11 is 3.22. The SMILES string of the molecule is O=C1C=C(c2cccc(F)c2)[C@@]2(O1)N(S(=O)(=O)c1ccccc1Br)c1ccccc1C2(O)O. The van der Waals surface area contributed by atoms with Crippen LogP contribution in [0.15, 0.2) is 88.2 Å². The number of sulfonamides is 1. The van der Waals surface area contributed by atoms with E-state index in [1.54, 1.807) is 6.07 Å².